The van der Waals surface area contributed by atoms with E-state index in [2.05, 4.69) is 15.2 Å². The van der Waals surface area contributed by atoms with E-state index in [0.717, 1.165) is 31.3 Å². The van der Waals surface area contributed by atoms with Gasteiger partial charge in [0.1, 0.15) is 12.6 Å². The van der Waals surface area contributed by atoms with Crippen LogP contribution in [-0.4, -0.2) is 54.0 Å². The van der Waals surface area contributed by atoms with Gasteiger partial charge in [-0.2, -0.15) is 0 Å². The first-order valence-corrected chi connectivity index (χ1v) is 12.4. The number of ether oxygens (including phenoxy) is 1. The average molecular weight is 496 g/mol. The van der Waals surface area contributed by atoms with E-state index in [4.69, 9.17) is 16.3 Å². The number of amides is 1. The smallest absolute Gasteiger partial charge is 0.329 e. The number of esters is 1. The zero-order valence-electron chi connectivity index (χ0n) is 19.6. The Labute approximate surface area is 209 Å². The molecule has 2 aromatic carbocycles. The van der Waals surface area contributed by atoms with Gasteiger partial charge in [0.15, 0.2) is 0 Å². The Balaban J connectivity index is 1.51. The number of hydrogen-bond donors (Lipinski definition) is 2. The second-order valence-electron chi connectivity index (χ2n) is 8.86. The van der Waals surface area contributed by atoms with Crippen molar-refractivity contribution in [2.45, 2.75) is 38.1 Å². The van der Waals surface area contributed by atoms with Crippen molar-refractivity contribution in [1.82, 2.24) is 15.2 Å². The van der Waals surface area contributed by atoms with E-state index in [-0.39, 0.29) is 18.6 Å². The van der Waals surface area contributed by atoms with Gasteiger partial charge in [-0.15, -0.1) is 0 Å². The predicted octanol–water partition coefficient (Wildman–Crippen LogP) is 3.94. The van der Waals surface area contributed by atoms with Crippen LogP contribution in [0.15, 0.2) is 59.4 Å². The Bertz CT molecular complexity index is 1220. The van der Waals surface area contributed by atoms with Crippen molar-refractivity contribution < 1.29 is 14.3 Å². The molecule has 2 N–H and O–H groups in total. The van der Waals surface area contributed by atoms with Gasteiger partial charge in [0.2, 0.25) is 5.56 Å². The van der Waals surface area contributed by atoms with Crippen molar-refractivity contribution in [3.8, 4) is 0 Å². The molecule has 184 valence electrons. The highest BCUT2D eigenvalue weighted by atomic mass is 35.5. The highest BCUT2D eigenvalue weighted by Gasteiger charge is 2.25. The standard InChI is InChI=1S/C27H30ClN3O4/c28-21-11-9-19(10-12-21)26(33)30-24(27(34)35-16-15-31-13-5-1-2-6-14-31)17-20-18-25(32)29-23-8-4-3-7-22(20)23/h3-4,7-12,18,24H,1-2,5-6,13-17H2,(H,29,32)(H,30,33). The molecule has 1 fully saturated rings. The number of aromatic amines is 1. The van der Waals surface area contributed by atoms with Crippen LogP contribution in [0.2, 0.25) is 5.02 Å². The van der Waals surface area contributed by atoms with Gasteiger partial charge >= 0.3 is 5.97 Å². The van der Waals surface area contributed by atoms with Crippen LogP contribution in [0.25, 0.3) is 10.9 Å². The van der Waals surface area contributed by atoms with Crippen LogP contribution >= 0.6 is 11.6 Å². The molecule has 1 amide bonds. The van der Waals surface area contributed by atoms with E-state index in [1.807, 2.05) is 18.2 Å². The van der Waals surface area contributed by atoms with Crippen molar-refractivity contribution in [2.75, 3.05) is 26.2 Å². The lowest BCUT2D eigenvalue weighted by atomic mass is 10.0. The number of halogens is 1. The number of hydrogen-bond acceptors (Lipinski definition) is 5. The number of para-hydroxylation sites is 1. The van der Waals surface area contributed by atoms with Crippen molar-refractivity contribution >= 4 is 34.4 Å². The van der Waals surface area contributed by atoms with Crippen LogP contribution < -0.4 is 10.9 Å². The minimum absolute atomic E-state index is 0.131. The Kier molecular flexibility index (Phi) is 8.55. The summed E-state index contributed by atoms with van der Waals surface area (Å²) in [4.78, 5) is 43.4. The van der Waals surface area contributed by atoms with Gasteiger partial charge in [-0.25, -0.2) is 4.79 Å². The zero-order valence-corrected chi connectivity index (χ0v) is 20.4. The van der Waals surface area contributed by atoms with Crippen molar-refractivity contribution in [2.24, 2.45) is 0 Å². The third-order valence-corrected chi connectivity index (χ3v) is 6.56. The van der Waals surface area contributed by atoms with Crippen molar-refractivity contribution in [1.29, 1.82) is 0 Å². The number of carbonyl (C=O) groups is 2. The van der Waals surface area contributed by atoms with E-state index in [1.54, 1.807) is 30.3 Å². The summed E-state index contributed by atoms with van der Waals surface area (Å²) in [6, 6.07) is 14.3. The zero-order chi connectivity index (χ0) is 24.6. The molecule has 2 heterocycles. The molecule has 0 saturated carbocycles. The molecule has 0 radical (unpaired) electrons. The first kappa shape index (κ1) is 24.9. The van der Waals surface area contributed by atoms with Crippen LogP contribution in [0.4, 0.5) is 0 Å². The minimum atomic E-state index is -0.951. The van der Waals surface area contributed by atoms with Gasteiger partial charge in [-0.3, -0.25) is 14.5 Å². The molecule has 35 heavy (non-hydrogen) atoms. The fourth-order valence-corrected chi connectivity index (χ4v) is 4.56. The molecule has 4 rings (SSSR count). The summed E-state index contributed by atoms with van der Waals surface area (Å²) in [5, 5.41) is 4.13. The van der Waals surface area contributed by atoms with Crippen LogP contribution in [-0.2, 0) is 16.0 Å². The Hall–Kier alpha value is -3.16. The molecular formula is C27H30ClN3O4. The number of nitrogens with zero attached hydrogens (tertiary/aromatic N) is 1. The summed E-state index contributed by atoms with van der Waals surface area (Å²) < 4.78 is 5.62. The maximum Gasteiger partial charge on any atom is 0.329 e. The number of pyridine rings is 1. The molecular weight excluding hydrogens is 466 g/mol. The fourth-order valence-electron chi connectivity index (χ4n) is 4.44. The average Bonchev–Trinajstić information content (AvgIpc) is 3.12. The lowest BCUT2D eigenvalue weighted by molar-refractivity contribution is -0.146. The molecule has 1 aliphatic rings. The number of nitrogens with one attached hydrogen (secondary N) is 2. The topological polar surface area (TPSA) is 91.5 Å². The maximum atomic E-state index is 13.1. The van der Waals surface area contributed by atoms with E-state index in [9.17, 15) is 14.4 Å². The summed E-state index contributed by atoms with van der Waals surface area (Å²) in [7, 11) is 0. The second kappa shape index (κ2) is 12.0. The Morgan fingerprint density at radius 1 is 1.03 bits per heavy atom. The van der Waals surface area contributed by atoms with Crippen molar-refractivity contribution in [3.05, 3.63) is 81.1 Å². The van der Waals surface area contributed by atoms with Gasteiger partial charge in [0.25, 0.3) is 5.91 Å². The number of benzene rings is 2. The van der Waals surface area contributed by atoms with Crippen molar-refractivity contribution in [3.63, 3.8) is 0 Å². The third-order valence-electron chi connectivity index (χ3n) is 6.31. The van der Waals surface area contributed by atoms with Gasteiger partial charge < -0.3 is 15.0 Å². The van der Waals surface area contributed by atoms with Crippen LogP contribution in [0.3, 0.4) is 0 Å². The first-order chi connectivity index (χ1) is 17.0. The number of rotatable bonds is 8. The number of aromatic nitrogens is 1. The van der Waals surface area contributed by atoms with E-state index >= 15 is 0 Å². The lowest BCUT2D eigenvalue weighted by Crippen LogP contribution is -2.44. The van der Waals surface area contributed by atoms with E-state index in [1.165, 1.54) is 18.9 Å². The SMILES string of the molecule is O=C(NC(Cc1cc(=O)[nH]c2ccccc12)C(=O)OCCN1CCCCCC1)c1ccc(Cl)cc1. The second-order valence-corrected chi connectivity index (χ2v) is 9.30. The highest BCUT2D eigenvalue weighted by Crippen LogP contribution is 2.17. The quantitative estimate of drug-likeness (QED) is 0.462. The van der Waals surface area contributed by atoms with Gasteiger partial charge in [-0.05, 0) is 61.8 Å². The first-order valence-electron chi connectivity index (χ1n) is 12.1. The largest absolute Gasteiger partial charge is 0.463 e. The lowest BCUT2D eigenvalue weighted by Gasteiger charge is -2.22. The summed E-state index contributed by atoms with van der Waals surface area (Å²) >= 11 is 5.94. The molecule has 1 unspecified atom stereocenters. The summed E-state index contributed by atoms with van der Waals surface area (Å²) in [6.45, 7) is 2.93. The summed E-state index contributed by atoms with van der Waals surface area (Å²) in [5.74, 6) is -0.934. The highest BCUT2D eigenvalue weighted by molar-refractivity contribution is 6.30. The summed E-state index contributed by atoms with van der Waals surface area (Å²) in [6.07, 6.45) is 4.91. The number of H-pyrrole nitrogens is 1. The van der Waals surface area contributed by atoms with E-state index < -0.39 is 17.9 Å². The normalized spacial score (nSPS) is 15.3. The predicted molar refractivity (Wildman–Crippen MR) is 137 cm³/mol. The number of fused-ring (bicyclic) bond motifs is 1. The fraction of sp³-hybridized carbons (Fsp3) is 0.370. The van der Waals surface area contributed by atoms with Crippen LogP contribution in [0.1, 0.15) is 41.6 Å². The summed E-state index contributed by atoms with van der Waals surface area (Å²) in [5.41, 5.74) is 1.45. The molecule has 1 atom stereocenters. The Morgan fingerprint density at radius 2 is 1.74 bits per heavy atom. The molecule has 7 nitrogen and oxygen atoms in total. The molecule has 1 aromatic heterocycles. The van der Waals surface area contributed by atoms with Crippen LogP contribution in [0, 0.1) is 0 Å². The number of likely N-dealkylation sites (tertiary alicyclic amines) is 1. The molecule has 0 spiro atoms. The van der Waals surface area contributed by atoms with Gasteiger partial charge in [0.05, 0.1) is 0 Å². The molecule has 1 aliphatic heterocycles. The van der Waals surface area contributed by atoms with Gasteiger partial charge in [-0.1, -0.05) is 42.6 Å². The minimum Gasteiger partial charge on any atom is -0.463 e. The Morgan fingerprint density at radius 3 is 2.49 bits per heavy atom. The molecule has 8 heteroatoms. The molecule has 0 aliphatic carbocycles. The monoisotopic (exact) mass is 495 g/mol. The third kappa shape index (κ3) is 6.93. The van der Waals surface area contributed by atoms with E-state index in [0.29, 0.717) is 28.2 Å². The van der Waals surface area contributed by atoms with Crippen LogP contribution in [0.5, 0.6) is 0 Å². The number of carbonyl (C=O) groups excluding carboxylic acids is 2. The maximum absolute atomic E-state index is 13.1. The van der Waals surface area contributed by atoms with Gasteiger partial charge in [0, 0.05) is 40.5 Å². The molecule has 3 aromatic rings. The molecule has 0 bridgehead atoms. The molecule has 1 saturated heterocycles.